The summed E-state index contributed by atoms with van der Waals surface area (Å²) in [4.78, 5) is 0.202. The molecule has 2 N–H and O–H groups in total. The number of aryl methyl sites for hydroxylation is 2. The van der Waals surface area contributed by atoms with E-state index in [1.807, 2.05) is 36.4 Å². The molecule has 0 unspecified atom stereocenters. The fourth-order valence-electron chi connectivity index (χ4n) is 2.49. The first-order chi connectivity index (χ1) is 11.5. The smallest absolute Gasteiger partial charge is 0.244 e. The van der Waals surface area contributed by atoms with Crippen LogP contribution in [0.5, 0.6) is 0 Å². The minimum atomic E-state index is -3.60. The summed E-state index contributed by atoms with van der Waals surface area (Å²) < 4.78 is 32.5. The maximum Gasteiger partial charge on any atom is 0.244 e. The van der Waals surface area contributed by atoms with E-state index in [1.165, 1.54) is 0 Å². The minimum absolute atomic E-state index is 0.202. The van der Waals surface area contributed by atoms with Crippen LogP contribution in [0.25, 0.3) is 11.3 Å². The van der Waals surface area contributed by atoms with E-state index < -0.39 is 10.0 Å². The fourth-order valence-corrected chi connectivity index (χ4v) is 3.89. The van der Waals surface area contributed by atoms with Gasteiger partial charge in [0, 0.05) is 24.6 Å². The van der Waals surface area contributed by atoms with Crippen molar-refractivity contribution in [1.29, 1.82) is 0 Å². The number of H-pyrrole nitrogens is 1. The highest BCUT2D eigenvalue weighted by molar-refractivity contribution is 7.89. The van der Waals surface area contributed by atoms with E-state index in [1.54, 1.807) is 13.8 Å². The molecule has 7 nitrogen and oxygen atoms in total. The zero-order valence-corrected chi connectivity index (χ0v) is 14.2. The largest absolute Gasteiger partial charge is 0.356 e. The van der Waals surface area contributed by atoms with Crippen molar-refractivity contribution < 1.29 is 12.9 Å². The number of nitrogens with zero attached hydrogens (tertiary/aromatic N) is 2. The molecule has 1 aromatic carbocycles. The quantitative estimate of drug-likeness (QED) is 0.712. The molecule has 0 aliphatic carbocycles. The first kappa shape index (κ1) is 16.4. The van der Waals surface area contributed by atoms with Crippen LogP contribution in [0.4, 0.5) is 0 Å². The molecule has 2 heterocycles. The monoisotopic (exact) mass is 346 g/mol. The molecular formula is C16H18N4O3S. The van der Waals surface area contributed by atoms with Crippen LogP contribution in [0.2, 0.25) is 0 Å². The van der Waals surface area contributed by atoms with Gasteiger partial charge in [-0.3, -0.25) is 5.10 Å². The summed E-state index contributed by atoms with van der Waals surface area (Å²) in [5, 5.41) is 10.6. The van der Waals surface area contributed by atoms with Crippen LogP contribution < -0.4 is 4.72 Å². The number of hydrogen-bond acceptors (Lipinski definition) is 5. The fraction of sp³-hybridized carbons (Fsp3) is 0.250. The van der Waals surface area contributed by atoms with E-state index in [0.717, 1.165) is 5.56 Å². The molecule has 3 rings (SSSR count). The predicted octanol–water partition coefficient (Wildman–Crippen LogP) is 2.20. The molecule has 0 atom stereocenters. The zero-order chi connectivity index (χ0) is 17.2. The van der Waals surface area contributed by atoms with Gasteiger partial charge in [0.25, 0.3) is 0 Å². The highest BCUT2D eigenvalue weighted by Crippen LogP contribution is 2.20. The van der Waals surface area contributed by atoms with Gasteiger partial charge in [-0.2, -0.15) is 5.10 Å². The highest BCUT2D eigenvalue weighted by atomic mass is 32.2. The second kappa shape index (κ2) is 6.58. The molecule has 0 saturated carbocycles. The number of nitrogens with one attached hydrogen (secondary N) is 2. The molecule has 0 amide bonds. The van der Waals surface area contributed by atoms with Gasteiger partial charge in [0.05, 0.1) is 17.1 Å². The van der Waals surface area contributed by atoms with Crippen LogP contribution in [0.3, 0.4) is 0 Å². The number of aromatic amines is 1. The third kappa shape index (κ3) is 3.39. The maximum atomic E-state index is 12.3. The van der Waals surface area contributed by atoms with Gasteiger partial charge in [0.1, 0.15) is 4.90 Å². The van der Waals surface area contributed by atoms with Crippen molar-refractivity contribution in [3.8, 4) is 11.3 Å². The minimum Gasteiger partial charge on any atom is -0.356 e. The van der Waals surface area contributed by atoms with E-state index in [4.69, 9.17) is 4.52 Å². The molecule has 0 spiro atoms. The van der Waals surface area contributed by atoms with Gasteiger partial charge in [-0.1, -0.05) is 35.5 Å². The van der Waals surface area contributed by atoms with Crippen molar-refractivity contribution in [2.75, 3.05) is 6.54 Å². The lowest BCUT2D eigenvalue weighted by Gasteiger charge is -2.05. The number of rotatable bonds is 6. The van der Waals surface area contributed by atoms with Crippen molar-refractivity contribution in [2.24, 2.45) is 0 Å². The molecule has 0 aliphatic heterocycles. The van der Waals surface area contributed by atoms with E-state index >= 15 is 0 Å². The third-order valence-electron chi connectivity index (χ3n) is 3.62. The average molecular weight is 346 g/mol. The summed E-state index contributed by atoms with van der Waals surface area (Å²) >= 11 is 0. The van der Waals surface area contributed by atoms with Crippen LogP contribution >= 0.6 is 0 Å². The summed E-state index contributed by atoms with van der Waals surface area (Å²) in [7, 11) is -3.60. The Balaban J connectivity index is 1.64. The Kier molecular flexibility index (Phi) is 4.50. The Hall–Kier alpha value is -2.45. The van der Waals surface area contributed by atoms with E-state index in [2.05, 4.69) is 20.1 Å². The standard InChI is InChI=1S/C16H18N4O3S/c1-11-16(12(2)19-18-11)24(21,22)17-9-8-14-10-15(23-20-14)13-6-4-3-5-7-13/h3-7,10,17H,8-9H2,1-2H3,(H,18,19). The van der Waals surface area contributed by atoms with E-state index in [0.29, 0.717) is 29.3 Å². The van der Waals surface area contributed by atoms with Gasteiger partial charge in [-0.15, -0.1) is 0 Å². The topological polar surface area (TPSA) is 101 Å². The van der Waals surface area contributed by atoms with Crippen LogP contribution in [0, 0.1) is 13.8 Å². The Morgan fingerprint density at radius 2 is 1.96 bits per heavy atom. The SMILES string of the molecule is Cc1n[nH]c(C)c1S(=O)(=O)NCCc1cc(-c2ccccc2)on1. The molecule has 3 aromatic rings. The summed E-state index contributed by atoms with van der Waals surface area (Å²) in [5.74, 6) is 0.662. The van der Waals surface area contributed by atoms with Crippen LogP contribution in [0.1, 0.15) is 17.1 Å². The number of aromatic nitrogens is 3. The molecule has 8 heteroatoms. The number of sulfonamides is 1. The molecular weight excluding hydrogens is 328 g/mol. The normalized spacial score (nSPS) is 11.8. The Morgan fingerprint density at radius 3 is 2.62 bits per heavy atom. The van der Waals surface area contributed by atoms with Crippen molar-refractivity contribution in [2.45, 2.75) is 25.2 Å². The maximum absolute atomic E-state index is 12.3. The lowest BCUT2D eigenvalue weighted by atomic mass is 10.1. The number of hydrogen-bond donors (Lipinski definition) is 2. The van der Waals surface area contributed by atoms with Crippen LogP contribution in [-0.2, 0) is 16.4 Å². The molecule has 2 aromatic heterocycles. The third-order valence-corrected chi connectivity index (χ3v) is 5.34. The van der Waals surface area contributed by atoms with Gasteiger partial charge in [0.2, 0.25) is 10.0 Å². The van der Waals surface area contributed by atoms with Gasteiger partial charge in [-0.25, -0.2) is 13.1 Å². The molecule has 0 aliphatic rings. The first-order valence-corrected chi connectivity index (χ1v) is 8.98. The first-order valence-electron chi connectivity index (χ1n) is 7.49. The van der Waals surface area contributed by atoms with Gasteiger partial charge >= 0.3 is 0 Å². The second-order valence-corrected chi connectivity index (χ2v) is 7.16. The molecule has 126 valence electrons. The summed E-state index contributed by atoms with van der Waals surface area (Å²) in [6.45, 7) is 3.56. The highest BCUT2D eigenvalue weighted by Gasteiger charge is 2.21. The predicted molar refractivity (Wildman–Crippen MR) is 88.9 cm³/mol. The molecule has 0 radical (unpaired) electrons. The summed E-state index contributed by atoms with van der Waals surface area (Å²) in [5.41, 5.74) is 2.60. The molecule has 0 saturated heterocycles. The number of benzene rings is 1. The molecule has 0 fully saturated rings. The van der Waals surface area contributed by atoms with Crippen LogP contribution in [-0.4, -0.2) is 30.3 Å². The van der Waals surface area contributed by atoms with Gasteiger partial charge in [-0.05, 0) is 13.8 Å². The Labute approximate surface area is 140 Å². The summed E-state index contributed by atoms with van der Waals surface area (Å²) in [6, 6.07) is 11.4. The second-order valence-electron chi connectivity index (χ2n) is 5.46. The van der Waals surface area contributed by atoms with Gasteiger partial charge < -0.3 is 4.52 Å². The zero-order valence-electron chi connectivity index (χ0n) is 13.4. The molecule has 24 heavy (non-hydrogen) atoms. The van der Waals surface area contributed by atoms with Crippen molar-refractivity contribution in [3.63, 3.8) is 0 Å². The lowest BCUT2D eigenvalue weighted by molar-refractivity contribution is 0.423. The Morgan fingerprint density at radius 1 is 1.21 bits per heavy atom. The Bertz CT molecular complexity index is 910. The molecule has 0 bridgehead atoms. The van der Waals surface area contributed by atoms with E-state index in [-0.39, 0.29) is 11.4 Å². The van der Waals surface area contributed by atoms with Crippen molar-refractivity contribution >= 4 is 10.0 Å². The average Bonchev–Trinajstić information content (AvgIpc) is 3.15. The van der Waals surface area contributed by atoms with Crippen molar-refractivity contribution in [3.05, 3.63) is 53.5 Å². The van der Waals surface area contributed by atoms with Crippen LogP contribution in [0.15, 0.2) is 45.8 Å². The van der Waals surface area contributed by atoms with Gasteiger partial charge in [0.15, 0.2) is 5.76 Å². The summed E-state index contributed by atoms with van der Waals surface area (Å²) in [6.07, 6.45) is 0.436. The lowest BCUT2D eigenvalue weighted by Crippen LogP contribution is -2.26. The van der Waals surface area contributed by atoms with Crippen molar-refractivity contribution in [1.82, 2.24) is 20.1 Å². The van der Waals surface area contributed by atoms with E-state index in [9.17, 15) is 8.42 Å².